The summed E-state index contributed by atoms with van der Waals surface area (Å²) in [6, 6.07) is 21.1. The average Bonchev–Trinajstić information content (AvgIpc) is 3.33. The van der Waals surface area contributed by atoms with Gasteiger partial charge in [-0.05, 0) is 54.3 Å². The van der Waals surface area contributed by atoms with E-state index in [9.17, 15) is 9.90 Å². The number of phenolic OH excluding ortho intramolecular Hbond substituents is 1. The molecular formula is C27H26N2O3. The predicted molar refractivity (Wildman–Crippen MR) is 127 cm³/mol. The third kappa shape index (κ3) is 3.30. The van der Waals surface area contributed by atoms with E-state index in [-0.39, 0.29) is 29.5 Å². The number of phenols is 1. The minimum absolute atomic E-state index is 0.0370. The normalized spacial score (nSPS) is 20.8. The highest BCUT2D eigenvalue weighted by molar-refractivity contribution is 6.06. The van der Waals surface area contributed by atoms with Gasteiger partial charge in [-0.1, -0.05) is 42.5 Å². The van der Waals surface area contributed by atoms with E-state index in [1.54, 1.807) is 25.1 Å². The van der Waals surface area contributed by atoms with Crippen LogP contribution in [0.4, 0.5) is 11.4 Å². The number of hydrogen-bond donors (Lipinski definition) is 2. The summed E-state index contributed by atoms with van der Waals surface area (Å²) in [7, 11) is 3.36. The first kappa shape index (κ1) is 20.2. The van der Waals surface area contributed by atoms with Crippen LogP contribution in [0.25, 0.3) is 0 Å². The molecule has 3 aromatic rings. The number of benzene rings is 3. The van der Waals surface area contributed by atoms with Crippen LogP contribution in [-0.4, -0.2) is 25.2 Å². The summed E-state index contributed by atoms with van der Waals surface area (Å²) in [6.07, 6.45) is 5.32. The van der Waals surface area contributed by atoms with Crippen molar-refractivity contribution >= 4 is 17.3 Å². The average molecular weight is 427 g/mol. The number of hydrogen-bond acceptors (Lipinski definition) is 4. The van der Waals surface area contributed by atoms with Crippen LogP contribution in [0.5, 0.6) is 11.5 Å². The third-order valence-electron chi connectivity index (χ3n) is 6.64. The smallest absolute Gasteiger partial charge is 0.258 e. The number of amides is 1. The molecular weight excluding hydrogens is 400 g/mol. The lowest BCUT2D eigenvalue weighted by molar-refractivity contribution is 0.0993. The van der Waals surface area contributed by atoms with Crippen molar-refractivity contribution in [2.75, 3.05) is 24.4 Å². The van der Waals surface area contributed by atoms with Crippen LogP contribution in [0.1, 0.15) is 39.9 Å². The van der Waals surface area contributed by atoms with Crippen molar-refractivity contribution in [2.45, 2.75) is 18.4 Å². The summed E-state index contributed by atoms with van der Waals surface area (Å²) in [6.45, 7) is 0. The van der Waals surface area contributed by atoms with Gasteiger partial charge in [0.05, 0.1) is 13.2 Å². The van der Waals surface area contributed by atoms with Crippen LogP contribution in [0.15, 0.2) is 78.9 Å². The fraction of sp³-hybridized carbons (Fsp3) is 0.222. The number of rotatable bonds is 4. The lowest BCUT2D eigenvalue weighted by atomic mass is 9.76. The number of carbonyl (C=O) groups excluding carboxylic acids is 1. The van der Waals surface area contributed by atoms with E-state index < -0.39 is 0 Å². The highest BCUT2D eigenvalue weighted by atomic mass is 16.5. The Morgan fingerprint density at radius 1 is 1.06 bits per heavy atom. The van der Waals surface area contributed by atoms with Crippen molar-refractivity contribution in [2.24, 2.45) is 5.92 Å². The molecule has 0 bridgehead atoms. The van der Waals surface area contributed by atoms with E-state index >= 15 is 0 Å². The lowest BCUT2D eigenvalue weighted by Gasteiger charge is -2.38. The number of nitrogens with zero attached hydrogens (tertiary/aromatic N) is 1. The number of anilines is 2. The topological polar surface area (TPSA) is 61.8 Å². The van der Waals surface area contributed by atoms with Crippen molar-refractivity contribution < 1.29 is 14.6 Å². The molecule has 1 amide bonds. The Labute approximate surface area is 188 Å². The Morgan fingerprint density at radius 2 is 1.88 bits per heavy atom. The SMILES string of the molecule is COc1cccc(C2Nc3ccc(C(=O)N(C)c4ccccc4)cc3C3C=CCC32)c1O. The van der Waals surface area contributed by atoms with Crippen LogP contribution in [0, 0.1) is 5.92 Å². The highest BCUT2D eigenvalue weighted by Crippen LogP contribution is 2.52. The van der Waals surface area contributed by atoms with Crippen LogP contribution < -0.4 is 15.0 Å². The molecule has 0 saturated carbocycles. The van der Waals surface area contributed by atoms with Crippen molar-refractivity contribution in [1.29, 1.82) is 0 Å². The second-order valence-corrected chi connectivity index (χ2v) is 8.38. The van der Waals surface area contributed by atoms with Gasteiger partial charge in [0.25, 0.3) is 5.91 Å². The van der Waals surface area contributed by atoms with Crippen molar-refractivity contribution in [3.05, 3.63) is 95.6 Å². The zero-order valence-corrected chi connectivity index (χ0v) is 18.2. The number of methoxy groups -OCH3 is 1. The summed E-state index contributed by atoms with van der Waals surface area (Å²) >= 11 is 0. The first-order chi connectivity index (χ1) is 15.6. The van der Waals surface area contributed by atoms with Crippen LogP contribution >= 0.6 is 0 Å². The molecule has 162 valence electrons. The Hall–Kier alpha value is -3.73. The molecule has 2 aliphatic rings. The Morgan fingerprint density at radius 3 is 2.66 bits per heavy atom. The summed E-state index contributed by atoms with van der Waals surface area (Å²) in [5.41, 5.74) is 4.47. The quantitative estimate of drug-likeness (QED) is 0.541. The van der Waals surface area contributed by atoms with E-state index in [1.165, 1.54) is 0 Å². The van der Waals surface area contributed by atoms with Crippen molar-refractivity contribution in [3.8, 4) is 11.5 Å². The Bertz CT molecular complexity index is 1190. The molecule has 5 rings (SSSR count). The minimum Gasteiger partial charge on any atom is -0.504 e. The van der Waals surface area contributed by atoms with Gasteiger partial charge in [0, 0.05) is 35.5 Å². The van der Waals surface area contributed by atoms with E-state index in [4.69, 9.17) is 4.74 Å². The number of fused-ring (bicyclic) bond motifs is 3. The summed E-state index contributed by atoms with van der Waals surface area (Å²) in [4.78, 5) is 14.8. The number of nitrogens with one attached hydrogen (secondary N) is 1. The second kappa shape index (κ2) is 8.08. The molecule has 0 spiro atoms. The van der Waals surface area contributed by atoms with Gasteiger partial charge in [-0.25, -0.2) is 0 Å². The first-order valence-electron chi connectivity index (χ1n) is 10.8. The number of carbonyl (C=O) groups is 1. The number of aromatic hydroxyl groups is 1. The molecule has 1 aliphatic heterocycles. The standard InChI is InChI=1S/C27H26N2O3/c1-29(18-8-4-3-5-9-18)27(31)17-14-15-23-22(16-17)19-10-6-11-20(19)25(28-23)21-12-7-13-24(32-2)26(21)30/h3-10,12-16,19-20,25,28,30H,11H2,1-2H3. The zero-order valence-electron chi connectivity index (χ0n) is 18.2. The van der Waals surface area contributed by atoms with Gasteiger partial charge in [-0.3, -0.25) is 4.79 Å². The van der Waals surface area contributed by atoms with E-state index in [2.05, 4.69) is 17.5 Å². The summed E-state index contributed by atoms with van der Waals surface area (Å²) in [5, 5.41) is 14.4. The largest absolute Gasteiger partial charge is 0.504 e. The fourth-order valence-corrected chi connectivity index (χ4v) is 4.95. The van der Waals surface area contributed by atoms with Gasteiger partial charge in [-0.15, -0.1) is 0 Å². The summed E-state index contributed by atoms with van der Waals surface area (Å²) in [5.74, 6) is 1.04. The Balaban J connectivity index is 1.49. The monoisotopic (exact) mass is 426 g/mol. The third-order valence-corrected chi connectivity index (χ3v) is 6.64. The maximum absolute atomic E-state index is 13.2. The van der Waals surface area contributed by atoms with Gasteiger partial charge in [0.1, 0.15) is 0 Å². The van der Waals surface area contributed by atoms with Gasteiger partial charge in [-0.2, -0.15) is 0 Å². The molecule has 3 atom stereocenters. The zero-order chi connectivity index (χ0) is 22.2. The molecule has 0 saturated heterocycles. The van der Waals surface area contributed by atoms with Gasteiger partial charge < -0.3 is 20.1 Å². The maximum atomic E-state index is 13.2. The molecule has 5 heteroatoms. The van der Waals surface area contributed by atoms with E-state index in [0.717, 1.165) is 28.9 Å². The van der Waals surface area contributed by atoms with E-state index in [0.29, 0.717) is 11.3 Å². The first-order valence-corrected chi connectivity index (χ1v) is 10.8. The minimum atomic E-state index is -0.0499. The predicted octanol–water partition coefficient (Wildman–Crippen LogP) is 5.50. The van der Waals surface area contributed by atoms with Crippen LogP contribution in [0.2, 0.25) is 0 Å². The fourth-order valence-electron chi connectivity index (χ4n) is 4.95. The molecule has 5 nitrogen and oxygen atoms in total. The highest BCUT2D eigenvalue weighted by Gasteiger charge is 2.39. The molecule has 2 N–H and O–H groups in total. The van der Waals surface area contributed by atoms with Gasteiger partial charge in [0.2, 0.25) is 0 Å². The molecule has 0 fully saturated rings. The maximum Gasteiger partial charge on any atom is 0.258 e. The molecule has 3 aromatic carbocycles. The molecule has 3 unspecified atom stereocenters. The Kier molecular flexibility index (Phi) is 5.10. The summed E-state index contributed by atoms with van der Waals surface area (Å²) < 4.78 is 5.32. The van der Waals surface area contributed by atoms with E-state index in [1.807, 2.05) is 60.7 Å². The second-order valence-electron chi connectivity index (χ2n) is 8.38. The lowest BCUT2D eigenvalue weighted by Crippen LogP contribution is -2.30. The molecule has 32 heavy (non-hydrogen) atoms. The molecule has 1 heterocycles. The number of ether oxygens (including phenoxy) is 1. The van der Waals surface area contributed by atoms with Crippen molar-refractivity contribution in [3.63, 3.8) is 0 Å². The van der Waals surface area contributed by atoms with Gasteiger partial charge in [0.15, 0.2) is 11.5 Å². The molecule has 0 aromatic heterocycles. The van der Waals surface area contributed by atoms with Crippen LogP contribution in [0.3, 0.4) is 0 Å². The van der Waals surface area contributed by atoms with Crippen LogP contribution in [-0.2, 0) is 0 Å². The van der Waals surface area contributed by atoms with Gasteiger partial charge >= 0.3 is 0 Å². The number of para-hydroxylation sites is 2. The van der Waals surface area contributed by atoms with Crippen molar-refractivity contribution in [1.82, 2.24) is 0 Å². The molecule has 1 aliphatic carbocycles. The number of allylic oxidation sites excluding steroid dienone is 2. The molecule has 0 radical (unpaired) electrons.